The number of amides is 1. The molecule has 0 aromatic carbocycles. The first-order chi connectivity index (χ1) is 2.41. The van der Waals surface area contributed by atoms with Gasteiger partial charge in [0.15, 0.2) is 6.19 Å². The van der Waals surface area contributed by atoms with Crippen LogP contribution in [0, 0.1) is 11.5 Å². The average Bonchev–Trinajstić information content (AvgIpc) is 1.41. The van der Waals surface area contributed by atoms with Crippen LogP contribution in [0.25, 0.3) is 0 Å². The van der Waals surface area contributed by atoms with E-state index in [1.54, 1.807) is 5.32 Å². The van der Waals surface area contributed by atoms with Gasteiger partial charge in [-0.2, -0.15) is 5.26 Å². The Bertz CT molecular complexity index is 66.4. The maximum atomic E-state index is 9.07. The summed E-state index contributed by atoms with van der Waals surface area (Å²) in [6.07, 6.45) is 1.72. The molecule has 0 atom stereocenters. The minimum absolute atomic E-state index is 0. The Hall–Kier alpha value is 0.220. The van der Waals surface area contributed by atoms with Crippen molar-refractivity contribution in [2.45, 2.75) is 0 Å². The molecule has 1 N–H and O–H groups in total. The number of nitriles is 1. The van der Waals surface area contributed by atoms with Gasteiger partial charge in [0, 0.05) is 0 Å². The topological polar surface area (TPSA) is 52.9 Å². The van der Waals surface area contributed by atoms with E-state index in [9.17, 15) is 0 Å². The van der Waals surface area contributed by atoms with Crippen molar-refractivity contribution in [1.29, 1.82) is 5.26 Å². The molecule has 0 aliphatic heterocycles. The van der Waals surface area contributed by atoms with Crippen LogP contribution in [-0.2, 0) is 4.79 Å². The molecular weight excluding hydrogens is 108 g/mol. The van der Waals surface area contributed by atoms with Crippen molar-refractivity contribution in [2.24, 2.45) is 0 Å². The summed E-state index contributed by atoms with van der Waals surface area (Å²) in [4.78, 5) is 9.07. The van der Waals surface area contributed by atoms with E-state index in [2.05, 4.69) is 0 Å². The molecule has 0 bridgehead atoms. The predicted molar refractivity (Wildman–Crippen MR) is 23.4 cm³/mol. The van der Waals surface area contributed by atoms with E-state index < -0.39 is 0 Å². The van der Waals surface area contributed by atoms with E-state index in [0.717, 1.165) is 0 Å². The second kappa shape index (κ2) is 8.97. The van der Waals surface area contributed by atoms with Crippen LogP contribution < -0.4 is 5.32 Å². The van der Waals surface area contributed by atoms with Crippen molar-refractivity contribution in [2.75, 3.05) is 0 Å². The van der Waals surface area contributed by atoms with Crippen LogP contribution in [0.4, 0.5) is 0 Å². The first kappa shape index (κ1) is 9.52. The molecule has 0 rings (SSSR count). The zero-order valence-corrected chi connectivity index (χ0v) is 2.43. The zero-order valence-electron chi connectivity index (χ0n) is 2.43. The SMILES string of the molecule is N#CNC=O.[CaH2]. The molecule has 0 radical (unpaired) electrons. The van der Waals surface area contributed by atoms with Crippen molar-refractivity contribution in [3.05, 3.63) is 0 Å². The Labute approximate surface area is 65.3 Å². The van der Waals surface area contributed by atoms with E-state index in [1.807, 2.05) is 0 Å². The second-order valence-electron chi connectivity index (χ2n) is 0.374. The van der Waals surface area contributed by atoms with E-state index in [4.69, 9.17) is 10.1 Å². The molecule has 4 heteroatoms. The van der Waals surface area contributed by atoms with Crippen LogP contribution in [0.5, 0.6) is 0 Å². The zero-order chi connectivity index (χ0) is 4.12. The fourth-order valence-corrected chi connectivity index (χ4v) is 0.0264. The number of nitrogens with zero attached hydrogens (tertiary/aromatic N) is 1. The second-order valence-corrected chi connectivity index (χ2v) is 0.374. The third-order valence-corrected chi connectivity index (χ3v) is 0.123. The molecule has 30 valence electrons. The number of nitrogens with one attached hydrogen (secondary N) is 1. The molecule has 0 aromatic heterocycles. The predicted octanol–water partition coefficient (Wildman–Crippen LogP) is -1.70. The molecule has 0 aliphatic rings. The van der Waals surface area contributed by atoms with Gasteiger partial charge in [0.05, 0.1) is 0 Å². The number of carbonyl (C=O) groups excluding carboxylic acids is 1. The standard InChI is InChI=1S/C2H2N2O.Ca.2H/c3-1-4-2-5;;;/h2H,(H,4,5);;;. The van der Waals surface area contributed by atoms with Crippen molar-refractivity contribution in [1.82, 2.24) is 5.32 Å². The Morgan fingerprint density at radius 2 is 2.33 bits per heavy atom. The number of hydrogen-bond donors (Lipinski definition) is 1. The van der Waals surface area contributed by atoms with Gasteiger partial charge in [-0.1, -0.05) is 0 Å². The van der Waals surface area contributed by atoms with Crippen LogP contribution in [-0.4, -0.2) is 44.1 Å². The van der Waals surface area contributed by atoms with Gasteiger partial charge in [0.1, 0.15) is 0 Å². The third kappa shape index (κ3) is 8.88. The van der Waals surface area contributed by atoms with E-state index in [1.165, 1.54) is 6.19 Å². The van der Waals surface area contributed by atoms with E-state index in [0.29, 0.717) is 6.41 Å². The summed E-state index contributed by atoms with van der Waals surface area (Å²) in [5, 5.41) is 9.21. The van der Waals surface area contributed by atoms with Gasteiger partial charge >= 0.3 is 37.7 Å². The van der Waals surface area contributed by atoms with Crippen LogP contribution >= 0.6 is 0 Å². The van der Waals surface area contributed by atoms with Crippen molar-refractivity contribution >= 4 is 44.1 Å². The quantitative estimate of drug-likeness (QED) is 0.190. The molecule has 0 aliphatic carbocycles. The number of carbonyl (C=O) groups is 1. The molecule has 0 saturated heterocycles. The molecule has 6 heavy (non-hydrogen) atoms. The summed E-state index contributed by atoms with van der Waals surface area (Å²) in [5.41, 5.74) is 0. The summed E-state index contributed by atoms with van der Waals surface area (Å²) in [5.74, 6) is 0. The van der Waals surface area contributed by atoms with Gasteiger partial charge in [-0.3, -0.25) is 10.1 Å². The fourth-order valence-electron chi connectivity index (χ4n) is 0.0264. The molecule has 0 saturated carbocycles. The Morgan fingerprint density at radius 1 is 1.83 bits per heavy atom. The number of rotatable bonds is 1. The van der Waals surface area contributed by atoms with Gasteiger partial charge in [0.25, 0.3) is 0 Å². The summed E-state index contributed by atoms with van der Waals surface area (Å²) >= 11 is 0. The molecule has 0 aromatic rings. The Kier molecular flexibility index (Phi) is 14.2. The Balaban J connectivity index is 0. The Morgan fingerprint density at radius 3 is 2.33 bits per heavy atom. The first-order valence-corrected chi connectivity index (χ1v) is 0.998. The molecule has 0 fully saturated rings. The molecule has 3 nitrogen and oxygen atoms in total. The molecular formula is C2H4CaN2O. The minimum atomic E-state index is 0. The fraction of sp³-hybridized carbons (Fsp3) is 0. The summed E-state index contributed by atoms with van der Waals surface area (Å²) in [6, 6.07) is 0. The number of hydrogen-bond acceptors (Lipinski definition) is 2. The summed E-state index contributed by atoms with van der Waals surface area (Å²) in [6.45, 7) is 0. The molecule has 0 unspecified atom stereocenters. The van der Waals surface area contributed by atoms with E-state index in [-0.39, 0.29) is 37.7 Å². The van der Waals surface area contributed by atoms with Gasteiger partial charge in [-0.05, 0) is 0 Å². The van der Waals surface area contributed by atoms with Gasteiger partial charge in [-0.25, -0.2) is 0 Å². The van der Waals surface area contributed by atoms with Gasteiger partial charge in [-0.15, -0.1) is 0 Å². The monoisotopic (exact) mass is 112 g/mol. The van der Waals surface area contributed by atoms with Crippen LogP contribution in [0.2, 0.25) is 0 Å². The van der Waals surface area contributed by atoms with Gasteiger partial charge in [0.2, 0.25) is 6.41 Å². The molecule has 1 amide bonds. The first-order valence-electron chi connectivity index (χ1n) is 0.998. The van der Waals surface area contributed by atoms with E-state index >= 15 is 0 Å². The average molecular weight is 112 g/mol. The van der Waals surface area contributed by atoms with Crippen LogP contribution in [0.1, 0.15) is 0 Å². The summed E-state index contributed by atoms with van der Waals surface area (Å²) < 4.78 is 0. The van der Waals surface area contributed by atoms with Gasteiger partial charge < -0.3 is 0 Å². The van der Waals surface area contributed by atoms with Crippen molar-refractivity contribution < 1.29 is 4.79 Å². The molecule has 0 heterocycles. The van der Waals surface area contributed by atoms with Crippen LogP contribution in [0.3, 0.4) is 0 Å². The third-order valence-electron chi connectivity index (χ3n) is 0.123. The molecule has 0 spiro atoms. The van der Waals surface area contributed by atoms with Crippen LogP contribution in [0.15, 0.2) is 0 Å². The summed E-state index contributed by atoms with van der Waals surface area (Å²) in [7, 11) is 0. The van der Waals surface area contributed by atoms with Crippen molar-refractivity contribution in [3.63, 3.8) is 0 Å². The maximum absolute atomic E-state index is 9.07. The van der Waals surface area contributed by atoms with Crippen molar-refractivity contribution in [3.8, 4) is 6.19 Å². The normalized spacial score (nSPS) is 3.83.